The first-order chi connectivity index (χ1) is 6.74. The van der Waals surface area contributed by atoms with E-state index in [0.717, 1.165) is 5.69 Å². The Balaban J connectivity index is 2.36. The topological polar surface area (TPSA) is 38.3 Å². The highest BCUT2D eigenvalue weighted by Crippen LogP contribution is 2.11. The summed E-state index contributed by atoms with van der Waals surface area (Å²) in [5.74, 6) is -0.280. The SMILES string of the molecule is COC(=O)/C(C)=C/CNc1ccsc1. The fraction of sp³-hybridized carbons (Fsp3) is 0.300. The Labute approximate surface area is 87.4 Å². The predicted octanol–water partition coefficient (Wildman–Crippen LogP) is 2.28. The first kappa shape index (κ1) is 10.8. The van der Waals surface area contributed by atoms with E-state index in [1.165, 1.54) is 7.11 Å². The molecule has 0 aromatic carbocycles. The van der Waals surface area contributed by atoms with Crippen LogP contribution in [-0.4, -0.2) is 19.6 Å². The van der Waals surface area contributed by atoms with Crippen LogP contribution in [0, 0.1) is 0 Å². The van der Waals surface area contributed by atoms with Crippen LogP contribution in [0.25, 0.3) is 0 Å². The number of rotatable bonds is 4. The van der Waals surface area contributed by atoms with Crippen molar-refractivity contribution in [2.45, 2.75) is 6.92 Å². The fourth-order valence-electron chi connectivity index (χ4n) is 0.931. The van der Waals surface area contributed by atoms with E-state index in [0.29, 0.717) is 12.1 Å². The second-order valence-corrected chi connectivity index (χ2v) is 3.55. The highest BCUT2D eigenvalue weighted by atomic mass is 32.1. The summed E-state index contributed by atoms with van der Waals surface area (Å²) in [5.41, 5.74) is 1.69. The van der Waals surface area contributed by atoms with Gasteiger partial charge in [-0.25, -0.2) is 4.79 Å². The molecule has 0 unspecified atom stereocenters. The molecule has 1 rings (SSSR count). The molecule has 0 aliphatic rings. The van der Waals surface area contributed by atoms with Crippen molar-refractivity contribution < 1.29 is 9.53 Å². The molecule has 1 N–H and O–H groups in total. The monoisotopic (exact) mass is 211 g/mol. The molecule has 3 nitrogen and oxygen atoms in total. The largest absolute Gasteiger partial charge is 0.466 e. The number of esters is 1. The molecular formula is C10H13NO2S. The van der Waals surface area contributed by atoms with E-state index in [2.05, 4.69) is 10.1 Å². The molecule has 4 heteroatoms. The summed E-state index contributed by atoms with van der Waals surface area (Å²) in [4.78, 5) is 11.0. The normalized spacial score (nSPS) is 11.1. The minimum absolute atomic E-state index is 0.280. The van der Waals surface area contributed by atoms with Crippen molar-refractivity contribution in [2.75, 3.05) is 19.0 Å². The maximum Gasteiger partial charge on any atom is 0.333 e. The lowest BCUT2D eigenvalue weighted by molar-refractivity contribution is -0.136. The number of hydrogen-bond acceptors (Lipinski definition) is 4. The molecule has 0 aliphatic heterocycles. The second kappa shape index (κ2) is 5.44. The zero-order chi connectivity index (χ0) is 10.4. The van der Waals surface area contributed by atoms with Crippen molar-refractivity contribution in [1.29, 1.82) is 0 Å². The molecule has 0 bridgehead atoms. The molecule has 76 valence electrons. The fourth-order valence-corrected chi connectivity index (χ4v) is 1.54. The third kappa shape index (κ3) is 3.22. The Morgan fingerprint density at radius 3 is 3.07 bits per heavy atom. The van der Waals surface area contributed by atoms with Gasteiger partial charge in [0.2, 0.25) is 0 Å². The van der Waals surface area contributed by atoms with Crippen LogP contribution in [-0.2, 0) is 9.53 Å². The average molecular weight is 211 g/mol. The third-order valence-electron chi connectivity index (χ3n) is 1.74. The predicted molar refractivity (Wildman–Crippen MR) is 58.6 cm³/mol. The molecule has 0 saturated carbocycles. The summed E-state index contributed by atoms with van der Waals surface area (Å²) >= 11 is 1.63. The van der Waals surface area contributed by atoms with E-state index in [4.69, 9.17) is 0 Å². The smallest absolute Gasteiger partial charge is 0.333 e. The lowest BCUT2D eigenvalue weighted by Crippen LogP contribution is -2.04. The Bertz CT molecular complexity index is 317. The number of ether oxygens (including phenoxy) is 1. The molecular weight excluding hydrogens is 198 g/mol. The molecule has 1 aromatic heterocycles. The minimum Gasteiger partial charge on any atom is -0.466 e. The van der Waals surface area contributed by atoms with E-state index < -0.39 is 0 Å². The van der Waals surface area contributed by atoms with E-state index in [-0.39, 0.29) is 5.97 Å². The molecule has 0 atom stereocenters. The van der Waals surface area contributed by atoms with Crippen molar-refractivity contribution in [1.82, 2.24) is 0 Å². The van der Waals surface area contributed by atoms with Gasteiger partial charge in [-0.3, -0.25) is 0 Å². The highest BCUT2D eigenvalue weighted by molar-refractivity contribution is 7.08. The van der Waals surface area contributed by atoms with Crippen LogP contribution in [0.2, 0.25) is 0 Å². The molecule has 14 heavy (non-hydrogen) atoms. The van der Waals surface area contributed by atoms with Gasteiger partial charge in [0, 0.05) is 23.2 Å². The van der Waals surface area contributed by atoms with Crippen LogP contribution in [0.3, 0.4) is 0 Å². The van der Waals surface area contributed by atoms with Gasteiger partial charge < -0.3 is 10.1 Å². The van der Waals surface area contributed by atoms with E-state index in [9.17, 15) is 4.79 Å². The van der Waals surface area contributed by atoms with Gasteiger partial charge in [-0.05, 0) is 18.4 Å². The van der Waals surface area contributed by atoms with Gasteiger partial charge in [-0.15, -0.1) is 0 Å². The Hall–Kier alpha value is -1.29. The summed E-state index contributed by atoms with van der Waals surface area (Å²) in [5, 5.41) is 7.18. The van der Waals surface area contributed by atoms with Crippen LogP contribution < -0.4 is 5.32 Å². The minimum atomic E-state index is -0.280. The quantitative estimate of drug-likeness (QED) is 0.613. The van der Waals surface area contributed by atoms with Crippen molar-refractivity contribution in [2.24, 2.45) is 0 Å². The van der Waals surface area contributed by atoms with Crippen molar-refractivity contribution in [3.8, 4) is 0 Å². The second-order valence-electron chi connectivity index (χ2n) is 2.77. The van der Waals surface area contributed by atoms with Gasteiger partial charge in [0.1, 0.15) is 0 Å². The van der Waals surface area contributed by atoms with E-state index >= 15 is 0 Å². The maximum absolute atomic E-state index is 11.0. The van der Waals surface area contributed by atoms with Gasteiger partial charge in [0.15, 0.2) is 0 Å². The summed E-state index contributed by atoms with van der Waals surface area (Å²) in [6, 6.07) is 1.99. The van der Waals surface area contributed by atoms with Gasteiger partial charge in [-0.2, -0.15) is 11.3 Å². The maximum atomic E-state index is 11.0. The number of anilines is 1. The summed E-state index contributed by atoms with van der Waals surface area (Å²) in [7, 11) is 1.38. The number of thiophene rings is 1. The number of carbonyl (C=O) groups excluding carboxylic acids is 1. The first-order valence-electron chi connectivity index (χ1n) is 4.25. The molecule has 1 aromatic rings. The van der Waals surface area contributed by atoms with Crippen LogP contribution in [0.5, 0.6) is 0 Å². The number of carbonyl (C=O) groups is 1. The number of nitrogens with one attached hydrogen (secondary N) is 1. The van der Waals surface area contributed by atoms with Gasteiger partial charge in [-0.1, -0.05) is 6.08 Å². The van der Waals surface area contributed by atoms with Crippen molar-refractivity contribution in [3.05, 3.63) is 28.5 Å². The molecule has 0 saturated heterocycles. The number of methoxy groups -OCH3 is 1. The lowest BCUT2D eigenvalue weighted by atomic mass is 10.3. The van der Waals surface area contributed by atoms with E-state index in [1.807, 2.05) is 22.9 Å². The zero-order valence-electron chi connectivity index (χ0n) is 8.24. The standard InChI is InChI=1S/C10H13NO2S/c1-8(10(12)13-2)3-5-11-9-4-6-14-7-9/h3-4,6-7,11H,5H2,1-2H3/b8-3+. The first-order valence-corrected chi connectivity index (χ1v) is 5.19. The van der Waals surface area contributed by atoms with Crippen molar-refractivity contribution in [3.63, 3.8) is 0 Å². The molecule has 0 spiro atoms. The van der Waals surface area contributed by atoms with Crippen LogP contribution in [0.15, 0.2) is 28.5 Å². The summed E-state index contributed by atoms with van der Waals surface area (Å²) < 4.78 is 4.57. The van der Waals surface area contributed by atoms with Gasteiger partial charge in [0.25, 0.3) is 0 Å². The summed E-state index contributed by atoms with van der Waals surface area (Å²) in [6.45, 7) is 2.37. The van der Waals surface area contributed by atoms with Gasteiger partial charge >= 0.3 is 5.97 Å². The van der Waals surface area contributed by atoms with Crippen molar-refractivity contribution >= 4 is 23.0 Å². The molecule has 0 radical (unpaired) electrons. The van der Waals surface area contributed by atoms with Gasteiger partial charge in [0.05, 0.1) is 7.11 Å². The Morgan fingerprint density at radius 2 is 2.50 bits per heavy atom. The average Bonchev–Trinajstić information content (AvgIpc) is 2.69. The van der Waals surface area contributed by atoms with Crippen LogP contribution >= 0.6 is 11.3 Å². The Kier molecular flexibility index (Phi) is 4.19. The third-order valence-corrected chi connectivity index (χ3v) is 2.43. The summed E-state index contributed by atoms with van der Waals surface area (Å²) in [6.07, 6.45) is 1.81. The molecule has 1 heterocycles. The molecule has 0 aliphatic carbocycles. The van der Waals surface area contributed by atoms with Crippen LogP contribution in [0.4, 0.5) is 5.69 Å². The molecule has 0 fully saturated rings. The van der Waals surface area contributed by atoms with E-state index in [1.54, 1.807) is 18.3 Å². The number of hydrogen-bond donors (Lipinski definition) is 1. The molecule has 0 amide bonds. The zero-order valence-corrected chi connectivity index (χ0v) is 9.06. The Morgan fingerprint density at radius 1 is 1.71 bits per heavy atom. The lowest BCUT2D eigenvalue weighted by Gasteiger charge is -2.00. The van der Waals surface area contributed by atoms with Crippen LogP contribution in [0.1, 0.15) is 6.92 Å². The highest BCUT2D eigenvalue weighted by Gasteiger charge is 2.00.